The molecule has 4 rings (SSSR count). The number of fused-ring (bicyclic) bond motifs is 1. The molecule has 1 heteroatoms. The quantitative estimate of drug-likeness (QED) is 0.495. The van der Waals surface area contributed by atoms with Crippen LogP contribution in [0.5, 0.6) is 0 Å². The fourth-order valence-electron chi connectivity index (χ4n) is 4.40. The van der Waals surface area contributed by atoms with Crippen molar-refractivity contribution in [3.8, 4) is 0 Å². The lowest BCUT2D eigenvalue weighted by Gasteiger charge is -2.26. The van der Waals surface area contributed by atoms with E-state index in [1.165, 1.54) is 59.7 Å². The molecule has 1 nitrogen and oxygen atoms in total. The van der Waals surface area contributed by atoms with Gasteiger partial charge in [0, 0.05) is 12.2 Å². The van der Waals surface area contributed by atoms with Gasteiger partial charge < -0.3 is 5.32 Å². The lowest BCUT2D eigenvalue weighted by Crippen LogP contribution is -2.10. The van der Waals surface area contributed by atoms with Gasteiger partial charge >= 0.3 is 0 Å². The Morgan fingerprint density at radius 1 is 0.852 bits per heavy atom. The highest BCUT2D eigenvalue weighted by molar-refractivity contribution is 5.83. The SMILES string of the molecule is CC(C)c1ccc(NCc2ccc3ccccc3c2)c(C2CCCCC2)c1. The Kier molecular flexibility index (Phi) is 5.48. The van der Waals surface area contributed by atoms with E-state index >= 15 is 0 Å². The lowest BCUT2D eigenvalue weighted by molar-refractivity contribution is 0.444. The average molecular weight is 358 g/mol. The van der Waals surface area contributed by atoms with Gasteiger partial charge in [0.25, 0.3) is 0 Å². The number of benzene rings is 3. The van der Waals surface area contributed by atoms with Gasteiger partial charge in [0.2, 0.25) is 0 Å². The molecule has 1 aliphatic rings. The van der Waals surface area contributed by atoms with Crippen LogP contribution in [-0.4, -0.2) is 0 Å². The van der Waals surface area contributed by atoms with E-state index in [0.717, 1.165) is 12.5 Å². The second-order valence-corrected chi connectivity index (χ2v) is 8.37. The van der Waals surface area contributed by atoms with Crippen molar-refractivity contribution >= 4 is 16.5 Å². The van der Waals surface area contributed by atoms with Crippen molar-refractivity contribution in [2.45, 2.75) is 64.3 Å². The zero-order chi connectivity index (χ0) is 18.6. The number of nitrogens with one attached hydrogen (secondary N) is 1. The lowest BCUT2D eigenvalue weighted by atomic mass is 9.82. The maximum Gasteiger partial charge on any atom is 0.0401 e. The Labute approximate surface area is 163 Å². The standard InChI is InChI=1S/C26H31N/c1-19(2)23-14-15-26(25(17-23)22-9-4-3-5-10-22)27-18-20-12-13-21-8-6-7-11-24(21)16-20/h6-8,11-17,19,22,27H,3-5,9-10,18H2,1-2H3. The topological polar surface area (TPSA) is 12.0 Å². The Hall–Kier alpha value is -2.28. The van der Waals surface area contributed by atoms with Crippen molar-refractivity contribution in [2.75, 3.05) is 5.32 Å². The first kappa shape index (κ1) is 18.1. The molecule has 27 heavy (non-hydrogen) atoms. The molecule has 0 aliphatic heterocycles. The van der Waals surface area contributed by atoms with Crippen molar-refractivity contribution in [2.24, 2.45) is 0 Å². The molecule has 0 amide bonds. The molecule has 0 radical (unpaired) electrons. The fraction of sp³-hybridized carbons (Fsp3) is 0.385. The molecule has 1 fully saturated rings. The van der Waals surface area contributed by atoms with E-state index in [4.69, 9.17) is 0 Å². The van der Waals surface area contributed by atoms with Crippen LogP contribution in [0.3, 0.4) is 0 Å². The van der Waals surface area contributed by atoms with Gasteiger partial charge in [0.15, 0.2) is 0 Å². The van der Waals surface area contributed by atoms with Crippen LogP contribution in [0.25, 0.3) is 10.8 Å². The summed E-state index contributed by atoms with van der Waals surface area (Å²) in [6, 6.07) is 22.5. The van der Waals surface area contributed by atoms with Gasteiger partial charge in [-0.3, -0.25) is 0 Å². The second kappa shape index (κ2) is 8.17. The van der Waals surface area contributed by atoms with Gasteiger partial charge in [-0.1, -0.05) is 81.6 Å². The minimum Gasteiger partial charge on any atom is -0.381 e. The molecule has 0 saturated heterocycles. The Bertz CT molecular complexity index is 903. The van der Waals surface area contributed by atoms with Crippen molar-refractivity contribution in [1.29, 1.82) is 0 Å². The van der Waals surface area contributed by atoms with Crippen LogP contribution in [0.4, 0.5) is 5.69 Å². The van der Waals surface area contributed by atoms with Gasteiger partial charge in [0.05, 0.1) is 0 Å². The molecular weight excluding hydrogens is 326 g/mol. The Balaban J connectivity index is 1.57. The molecule has 0 spiro atoms. The number of anilines is 1. The van der Waals surface area contributed by atoms with Crippen molar-refractivity contribution in [1.82, 2.24) is 0 Å². The minimum absolute atomic E-state index is 0.585. The van der Waals surface area contributed by atoms with Gasteiger partial charge in [0.1, 0.15) is 0 Å². The normalized spacial score (nSPS) is 15.4. The zero-order valence-corrected chi connectivity index (χ0v) is 16.7. The summed E-state index contributed by atoms with van der Waals surface area (Å²) >= 11 is 0. The zero-order valence-electron chi connectivity index (χ0n) is 16.7. The summed E-state index contributed by atoms with van der Waals surface area (Å²) in [5.74, 6) is 1.30. The highest BCUT2D eigenvalue weighted by Gasteiger charge is 2.19. The Morgan fingerprint density at radius 2 is 1.63 bits per heavy atom. The smallest absolute Gasteiger partial charge is 0.0401 e. The molecule has 1 aliphatic carbocycles. The summed E-state index contributed by atoms with van der Waals surface area (Å²) in [7, 11) is 0. The van der Waals surface area contributed by atoms with Gasteiger partial charge in [-0.2, -0.15) is 0 Å². The first-order valence-electron chi connectivity index (χ1n) is 10.6. The van der Waals surface area contributed by atoms with E-state index in [9.17, 15) is 0 Å². The fourth-order valence-corrected chi connectivity index (χ4v) is 4.40. The Morgan fingerprint density at radius 3 is 2.41 bits per heavy atom. The van der Waals surface area contributed by atoms with Gasteiger partial charge in [-0.25, -0.2) is 0 Å². The summed E-state index contributed by atoms with van der Waals surface area (Å²) < 4.78 is 0. The maximum atomic E-state index is 3.76. The van der Waals surface area contributed by atoms with Crippen LogP contribution in [0, 0.1) is 0 Å². The summed E-state index contributed by atoms with van der Waals surface area (Å²) in [6.07, 6.45) is 6.83. The molecule has 0 unspecified atom stereocenters. The van der Waals surface area contributed by atoms with Crippen LogP contribution in [-0.2, 0) is 6.54 Å². The molecule has 140 valence electrons. The van der Waals surface area contributed by atoms with E-state index < -0.39 is 0 Å². The van der Waals surface area contributed by atoms with Crippen molar-refractivity contribution in [3.63, 3.8) is 0 Å². The highest BCUT2D eigenvalue weighted by atomic mass is 14.9. The molecule has 3 aromatic rings. The van der Waals surface area contributed by atoms with E-state index in [-0.39, 0.29) is 0 Å². The number of rotatable bonds is 5. The second-order valence-electron chi connectivity index (χ2n) is 8.37. The molecular formula is C26H31N. The van der Waals surface area contributed by atoms with E-state index in [1.54, 1.807) is 5.56 Å². The van der Waals surface area contributed by atoms with Crippen LogP contribution in [0.2, 0.25) is 0 Å². The summed E-state index contributed by atoms with van der Waals surface area (Å²) in [6.45, 7) is 5.47. The summed E-state index contributed by atoms with van der Waals surface area (Å²) in [5, 5.41) is 6.39. The molecule has 0 heterocycles. The molecule has 3 aromatic carbocycles. The highest BCUT2D eigenvalue weighted by Crippen LogP contribution is 2.38. The average Bonchev–Trinajstić information content (AvgIpc) is 2.72. The first-order chi connectivity index (χ1) is 13.2. The van der Waals surface area contributed by atoms with Gasteiger partial charge in [-0.15, -0.1) is 0 Å². The maximum absolute atomic E-state index is 3.76. The van der Waals surface area contributed by atoms with Crippen LogP contribution >= 0.6 is 0 Å². The third kappa shape index (κ3) is 4.18. The minimum atomic E-state index is 0.585. The predicted octanol–water partition coefficient (Wildman–Crippen LogP) is 7.62. The third-order valence-corrected chi connectivity index (χ3v) is 6.08. The molecule has 0 bridgehead atoms. The molecule has 1 saturated carbocycles. The molecule has 1 N–H and O–H groups in total. The van der Waals surface area contributed by atoms with Gasteiger partial charge in [-0.05, 0) is 64.3 Å². The van der Waals surface area contributed by atoms with E-state index in [1.807, 2.05) is 0 Å². The summed E-state index contributed by atoms with van der Waals surface area (Å²) in [5.41, 5.74) is 5.68. The van der Waals surface area contributed by atoms with Crippen LogP contribution < -0.4 is 5.32 Å². The first-order valence-corrected chi connectivity index (χ1v) is 10.6. The van der Waals surface area contributed by atoms with Crippen LogP contribution in [0.15, 0.2) is 60.7 Å². The third-order valence-electron chi connectivity index (χ3n) is 6.08. The largest absolute Gasteiger partial charge is 0.381 e. The van der Waals surface area contributed by atoms with Crippen molar-refractivity contribution < 1.29 is 0 Å². The predicted molar refractivity (Wildman–Crippen MR) is 118 cm³/mol. The van der Waals surface area contributed by atoms with E-state index in [2.05, 4.69) is 79.8 Å². The van der Waals surface area contributed by atoms with E-state index in [0.29, 0.717) is 5.92 Å². The molecule has 0 aromatic heterocycles. The number of hydrogen-bond acceptors (Lipinski definition) is 1. The van der Waals surface area contributed by atoms with Crippen LogP contribution in [0.1, 0.15) is 74.5 Å². The number of hydrogen-bond donors (Lipinski definition) is 1. The monoisotopic (exact) mass is 357 g/mol. The summed E-state index contributed by atoms with van der Waals surface area (Å²) in [4.78, 5) is 0. The van der Waals surface area contributed by atoms with Crippen molar-refractivity contribution in [3.05, 3.63) is 77.4 Å². The molecule has 0 atom stereocenters.